The van der Waals surface area contributed by atoms with Gasteiger partial charge in [0.2, 0.25) is 0 Å². The van der Waals surface area contributed by atoms with E-state index in [4.69, 9.17) is 10.5 Å². The van der Waals surface area contributed by atoms with Crippen LogP contribution in [0.4, 0.5) is 4.79 Å². The Balaban J connectivity index is 3.82. The lowest BCUT2D eigenvalue weighted by molar-refractivity contribution is 0.103. The first-order valence-electron chi connectivity index (χ1n) is 4.23. The molecule has 1 atom stereocenters. The Morgan fingerprint density at radius 1 is 1.67 bits per heavy atom. The second kappa shape index (κ2) is 5.83. The van der Waals surface area contributed by atoms with Crippen LogP contribution in [0.15, 0.2) is 0 Å². The summed E-state index contributed by atoms with van der Waals surface area (Å²) in [6.45, 7) is 4.74. The number of amides is 1. The SMILES string of the molecule is CCOC(=O)N(C)C(C)CCN. The van der Waals surface area contributed by atoms with Crippen LogP contribution < -0.4 is 5.73 Å². The number of ether oxygens (including phenoxy) is 1. The minimum Gasteiger partial charge on any atom is -0.450 e. The fourth-order valence-electron chi connectivity index (χ4n) is 0.840. The van der Waals surface area contributed by atoms with Crippen LogP contribution in [0.2, 0.25) is 0 Å². The smallest absolute Gasteiger partial charge is 0.409 e. The highest BCUT2D eigenvalue weighted by Gasteiger charge is 2.14. The molecule has 0 rings (SSSR count). The van der Waals surface area contributed by atoms with Gasteiger partial charge in [0.1, 0.15) is 0 Å². The first kappa shape index (κ1) is 11.2. The van der Waals surface area contributed by atoms with Crippen molar-refractivity contribution in [1.29, 1.82) is 0 Å². The Bertz CT molecular complexity index is 139. The Hall–Kier alpha value is -0.770. The summed E-state index contributed by atoms with van der Waals surface area (Å²) in [6.07, 6.45) is 0.522. The van der Waals surface area contributed by atoms with Crippen LogP contribution in [0.5, 0.6) is 0 Å². The summed E-state index contributed by atoms with van der Waals surface area (Å²) >= 11 is 0. The molecule has 12 heavy (non-hydrogen) atoms. The van der Waals surface area contributed by atoms with Crippen LogP contribution in [-0.2, 0) is 4.74 Å². The van der Waals surface area contributed by atoms with E-state index in [-0.39, 0.29) is 12.1 Å². The molecule has 0 aliphatic carbocycles. The predicted octanol–water partition coefficient (Wildman–Crippen LogP) is 0.812. The van der Waals surface area contributed by atoms with E-state index in [0.29, 0.717) is 13.2 Å². The Morgan fingerprint density at radius 3 is 2.67 bits per heavy atom. The van der Waals surface area contributed by atoms with Gasteiger partial charge >= 0.3 is 6.09 Å². The lowest BCUT2D eigenvalue weighted by Gasteiger charge is -2.23. The van der Waals surface area contributed by atoms with Gasteiger partial charge in [0, 0.05) is 13.1 Å². The molecule has 0 heterocycles. The molecule has 0 aromatic heterocycles. The minimum absolute atomic E-state index is 0.147. The number of rotatable bonds is 4. The van der Waals surface area contributed by atoms with Gasteiger partial charge in [-0.2, -0.15) is 0 Å². The van der Waals surface area contributed by atoms with Crippen LogP contribution in [-0.4, -0.2) is 37.2 Å². The van der Waals surface area contributed by atoms with E-state index in [1.54, 1.807) is 18.9 Å². The molecule has 0 fully saturated rings. The zero-order valence-electron chi connectivity index (χ0n) is 8.04. The molecule has 4 heteroatoms. The monoisotopic (exact) mass is 174 g/mol. The van der Waals surface area contributed by atoms with Gasteiger partial charge in [-0.1, -0.05) is 0 Å². The molecular formula is C8H18N2O2. The minimum atomic E-state index is -0.279. The highest BCUT2D eigenvalue weighted by atomic mass is 16.6. The summed E-state index contributed by atoms with van der Waals surface area (Å²) in [5.74, 6) is 0. The largest absolute Gasteiger partial charge is 0.450 e. The molecule has 4 nitrogen and oxygen atoms in total. The quantitative estimate of drug-likeness (QED) is 0.686. The Morgan fingerprint density at radius 2 is 2.25 bits per heavy atom. The molecule has 0 aromatic rings. The van der Waals surface area contributed by atoms with Crippen LogP contribution in [0.1, 0.15) is 20.3 Å². The third-order valence-electron chi connectivity index (χ3n) is 1.80. The van der Waals surface area contributed by atoms with Crippen molar-refractivity contribution in [2.75, 3.05) is 20.2 Å². The Kier molecular flexibility index (Phi) is 5.45. The normalized spacial score (nSPS) is 12.3. The van der Waals surface area contributed by atoms with E-state index in [0.717, 1.165) is 6.42 Å². The van der Waals surface area contributed by atoms with E-state index < -0.39 is 0 Å². The van der Waals surface area contributed by atoms with Gasteiger partial charge in [-0.3, -0.25) is 0 Å². The van der Waals surface area contributed by atoms with Crippen LogP contribution >= 0.6 is 0 Å². The number of carbonyl (C=O) groups excluding carboxylic acids is 1. The summed E-state index contributed by atoms with van der Waals surface area (Å²) in [5.41, 5.74) is 5.36. The van der Waals surface area contributed by atoms with Gasteiger partial charge in [-0.25, -0.2) is 4.79 Å². The first-order valence-corrected chi connectivity index (χ1v) is 4.23. The molecule has 0 aliphatic heterocycles. The molecule has 0 aromatic carbocycles. The van der Waals surface area contributed by atoms with Crippen molar-refractivity contribution in [2.24, 2.45) is 5.73 Å². The lowest BCUT2D eigenvalue weighted by atomic mass is 10.2. The van der Waals surface area contributed by atoms with E-state index >= 15 is 0 Å². The summed E-state index contributed by atoms with van der Waals surface area (Å²) in [5, 5.41) is 0. The summed E-state index contributed by atoms with van der Waals surface area (Å²) in [4.78, 5) is 12.7. The molecule has 0 radical (unpaired) electrons. The molecule has 72 valence electrons. The predicted molar refractivity (Wildman–Crippen MR) is 47.9 cm³/mol. The molecule has 0 spiro atoms. The van der Waals surface area contributed by atoms with Crippen LogP contribution in [0.25, 0.3) is 0 Å². The van der Waals surface area contributed by atoms with Crippen molar-refractivity contribution < 1.29 is 9.53 Å². The second-order valence-electron chi connectivity index (χ2n) is 2.74. The average molecular weight is 174 g/mol. The number of hydrogen-bond acceptors (Lipinski definition) is 3. The molecule has 0 aliphatic rings. The van der Waals surface area contributed by atoms with Crippen LogP contribution in [0.3, 0.4) is 0 Å². The lowest BCUT2D eigenvalue weighted by Crippen LogP contribution is -2.36. The van der Waals surface area contributed by atoms with E-state index in [2.05, 4.69) is 0 Å². The van der Waals surface area contributed by atoms with Crippen molar-refractivity contribution in [3.05, 3.63) is 0 Å². The Labute approximate surface area is 73.7 Å². The maximum Gasteiger partial charge on any atom is 0.409 e. The fraction of sp³-hybridized carbons (Fsp3) is 0.875. The molecule has 0 saturated carbocycles. The molecule has 0 saturated heterocycles. The van der Waals surface area contributed by atoms with Crippen LogP contribution in [0, 0.1) is 0 Å². The number of nitrogens with two attached hydrogens (primary N) is 1. The maximum atomic E-state index is 11.1. The van der Waals surface area contributed by atoms with Crippen molar-refractivity contribution in [2.45, 2.75) is 26.3 Å². The average Bonchev–Trinajstić information content (AvgIpc) is 2.04. The van der Waals surface area contributed by atoms with E-state index in [1.165, 1.54) is 0 Å². The number of carbonyl (C=O) groups is 1. The standard InChI is InChI=1S/C8H18N2O2/c1-4-12-8(11)10(3)7(2)5-6-9/h7H,4-6,9H2,1-3H3. The zero-order chi connectivity index (χ0) is 9.56. The van der Waals surface area contributed by atoms with E-state index in [9.17, 15) is 4.79 Å². The molecule has 1 unspecified atom stereocenters. The second-order valence-corrected chi connectivity index (χ2v) is 2.74. The van der Waals surface area contributed by atoms with Gasteiger partial charge in [-0.05, 0) is 26.8 Å². The molecule has 0 bridgehead atoms. The molecular weight excluding hydrogens is 156 g/mol. The first-order chi connectivity index (χ1) is 5.63. The summed E-state index contributed by atoms with van der Waals surface area (Å²) in [7, 11) is 1.72. The zero-order valence-corrected chi connectivity index (χ0v) is 8.04. The topological polar surface area (TPSA) is 55.6 Å². The molecule has 1 amide bonds. The summed E-state index contributed by atoms with van der Waals surface area (Å²) < 4.78 is 4.82. The maximum absolute atomic E-state index is 11.1. The van der Waals surface area contributed by atoms with Crippen molar-refractivity contribution >= 4 is 6.09 Å². The van der Waals surface area contributed by atoms with Crippen molar-refractivity contribution in [3.63, 3.8) is 0 Å². The van der Waals surface area contributed by atoms with Gasteiger partial charge in [0.25, 0.3) is 0 Å². The summed E-state index contributed by atoms with van der Waals surface area (Å²) in [6, 6.07) is 0.147. The highest BCUT2D eigenvalue weighted by molar-refractivity contribution is 5.67. The van der Waals surface area contributed by atoms with E-state index in [1.807, 2.05) is 6.92 Å². The molecule has 2 N–H and O–H groups in total. The van der Waals surface area contributed by atoms with Gasteiger partial charge in [0.15, 0.2) is 0 Å². The van der Waals surface area contributed by atoms with Crippen molar-refractivity contribution in [3.8, 4) is 0 Å². The van der Waals surface area contributed by atoms with Crippen molar-refractivity contribution in [1.82, 2.24) is 4.90 Å². The fourth-order valence-corrected chi connectivity index (χ4v) is 0.840. The van der Waals surface area contributed by atoms with Gasteiger partial charge in [-0.15, -0.1) is 0 Å². The third kappa shape index (κ3) is 3.57. The van der Waals surface area contributed by atoms with Gasteiger partial charge in [0.05, 0.1) is 6.61 Å². The van der Waals surface area contributed by atoms with Gasteiger partial charge < -0.3 is 15.4 Å². The third-order valence-corrected chi connectivity index (χ3v) is 1.80. The number of hydrogen-bond donors (Lipinski definition) is 1. The number of nitrogens with zero attached hydrogens (tertiary/aromatic N) is 1. The highest BCUT2D eigenvalue weighted by Crippen LogP contribution is 2.01.